The summed E-state index contributed by atoms with van der Waals surface area (Å²) in [7, 11) is 0. The molecule has 196 valence electrons. The molecule has 3 fully saturated rings. The minimum absolute atomic E-state index is 0.524. The maximum Gasteiger partial charge on any atom is 0.163 e. The summed E-state index contributed by atoms with van der Waals surface area (Å²) in [5.41, 5.74) is 3.98. The van der Waals surface area contributed by atoms with Crippen molar-refractivity contribution >= 4 is 17.5 Å². The molecule has 2 unspecified atom stereocenters. The summed E-state index contributed by atoms with van der Waals surface area (Å²) in [6.45, 7) is 6.79. The molecule has 0 saturated carbocycles. The van der Waals surface area contributed by atoms with Crippen LogP contribution in [0.3, 0.4) is 0 Å². The van der Waals surface area contributed by atoms with Crippen molar-refractivity contribution in [3.8, 4) is 17.2 Å². The number of hydrogen-bond acceptors (Lipinski definition) is 9. The lowest BCUT2D eigenvalue weighted by molar-refractivity contribution is -0.00875. The number of piperidine rings is 1. The molecule has 8 heterocycles. The minimum Gasteiger partial charge on any atom is -0.353 e. The maximum absolute atomic E-state index is 4.79. The van der Waals surface area contributed by atoms with Crippen molar-refractivity contribution in [1.29, 1.82) is 0 Å². The van der Waals surface area contributed by atoms with Gasteiger partial charge in [-0.2, -0.15) is 10.2 Å². The minimum atomic E-state index is 0.524. The molecule has 3 saturated heterocycles. The van der Waals surface area contributed by atoms with Gasteiger partial charge in [0.15, 0.2) is 17.5 Å². The molecule has 0 radical (unpaired) electrons. The molecule has 5 aromatic rings. The number of aryl methyl sites for hydroxylation is 2. The predicted molar refractivity (Wildman–Crippen MR) is 148 cm³/mol. The molecule has 3 aliphatic rings. The van der Waals surface area contributed by atoms with Gasteiger partial charge >= 0.3 is 0 Å². The molecule has 0 aliphatic carbocycles. The Labute approximate surface area is 226 Å². The first-order valence-electron chi connectivity index (χ1n) is 13.1. The number of piperazine rings is 1. The summed E-state index contributed by atoms with van der Waals surface area (Å²) in [5.74, 6) is 3.91. The van der Waals surface area contributed by atoms with Gasteiger partial charge < -0.3 is 10.2 Å². The van der Waals surface area contributed by atoms with Crippen molar-refractivity contribution in [2.75, 3.05) is 23.3 Å². The Kier molecular flexibility index (Phi) is 5.77. The summed E-state index contributed by atoms with van der Waals surface area (Å²) < 4.78 is 1.78. The number of nitrogens with zero attached hydrogens (tertiary/aromatic N) is 9. The molecular formula is C28H29N11. The lowest BCUT2D eigenvalue weighted by Gasteiger charge is -2.56. The van der Waals surface area contributed by atoms with Crippen LogP contribution >= 0.6 is 0 Å². The second-order valence-corrected chi connectivity index (χ2v) is 10.3. The molecule has 11 heteroatoms. The standard InChI is InChI=1S/C28H29N11/c1-18-10-24(33-25-11-19(2)35-36-25)34-28(32-18)21-5-7-26(30-14-21)37-16-22-12-23(17-37)38(22)15-20-4-6-27(29-13-20)39-9-3-8-31-39/h3-11,13-14,22-23H,12,15-17H2,1-2H3,(H2,32,33,34,35,36). The Hall–Kier alpha value is -4.64. The van der Waals surface area contributed by atoms with Crippen LogP contribution in [0.4, 0.5) is 17.5 Å². The van der Waals surface area contributed by atoms with Crippen LogP contribution in [-0.4, -0.2) is 70.0 Å². The third-order valence-electron chi connectivity index (χ3n) is 7.40. The van der Waals surface area contributed by atoms with Gasteiger partial charge in [0, 0.05) is 85.6 Å². The van der Waals surface area contributed by atoms with Crippen LogP contribution in [0.1, 0.15) is 23.4 Å². The van der Waals surface area contributed by atoms with E-state index in [0.29, 0.717) is 23.7 Å². The molecule has 0 amide bonds. The van der Waals surface area contributed by atoms with E-state index in [1.54, 1.807) is 10.9 Å². The summed E-state index contributed by atoms with van der Waals surface area (Å²) in [5, 5.41) is 14.7. The Morgan fingerprint density at radius 3 is 2.49 bits per heavy atom. The van der Waals surface area contributed by atoms with Gasteiger partial charge in [-0.1, -0.05) is 6.07 Å². The van der Waals surface area contributed by atoms with E-state index in [0.717, 1.165) is 54.0 Å². The molecule has 0 aromatic carbocycles. The summed E-state index contributed by atoms with van der Waals surface area (Å²) in [4.78, 5) is 23.7. The predicted octanol–water partition coefficient (Wildman–Crippen LogP) is 3.67. The van der Waals surface area contributed by atoms with E-state index < -0.39 is 0 Å². The average molecular weight is 520 g/mol. The molecule has 39 heavy (non-hydrogen) atoms. The van der Waals surface area contributed by atoms with Gasteiger partial charge in [0.1, 0.15) is 11.6 Å². The number of aromatic amines is 1. The third-order valence-corrected chi connectivity index (χ3v) is 7.40. The van der Waals surface area contributed by atoms with Crippen LogP contribution in [0.5, 0.6) is 0 Å². The van der Waals surface area contributed by atoms with E-state index in [1.165, 1.54) is 12.0 Å². The molecular weight excluding hydrogens is 490 g/mol. The highest BCUT2D eigenvalue weighted by atomic mass is 15.4. The fourth-order valence-corrected chi connectivity index (χ4v) is 5.47. The van der Waals surface area contributed by atoms with Gasteiger partial charge in [0.25, 0.3) is 0 Å². The summed E-state index contributed by atoms with van der Waals surface area (Å²) in [6.07, 6.45) is 8.74. The average Bonchev–Trinajstić information content (AvgIpc) is 3.64. The molecule has 5 aromatic heterocycles. The van der Waals surface area contributed by atoms with E-state index in [1.807, 2.05) is 56.7 Å². The first-order chi connectivity index (χ1) is 19.1. The molecule has 11 nitrogen and oxygen atoms in total. The smallest absolute Gasteiger partial charge is 0.163 e. The Balaban J connectivity index is 0.996. The van der Waals surface area contributed by atoms with Gasteiger partial charge in [-0.25, -0.2) is 24.6 Å². The number of nitrogens with one attached hydrogen (secondary N) is 2. The zero-order valence-corrected chi connectivity index (χ0v) is 21.9. The molecule has 2 N–H and O–H groups in total. The van der Waals surface area contributed by atoms with Crippen LogP contribution in [-0.2, 0) is 6.54 Å². The zero-order valence-electron chi connectivity index (χ0n) is 21.9. The molecule has 2 bridgehead atoms. The van der Waals surface area contributed by atoms with E-state index in [2.05, 4.69) is 58.6 Å². The van der Waals surface area contributed by atoms with E-state index in [9.17, 15) is 0 Å². The highest BCUT2D eigenvalue weighted by Gasteiger charge is 2.44. The normalized spacial score (nSPS) is 18.7. The summed E-state index contributed by atoms with van der Waals surface area (Å²) in [6, 6.07) is 15.1. The Bertz CT molecular complexity index is 1560. The second kappa shape index (κ2) is 9.59. The van der Waals surface area contributed by atoms with E-state index in [-0.39, 0.29) is 0 Å². The number of aromatic nitrogens is 8. The van der Waals surface area contributed by atoms with Crippen molar-refractivity contribution in [3.63, 3.8) is 0 Å². The third kappa shape index (κ3) is 4.72. The first kappa shape index (κ1) is 23.5. The van der Waals surface area contributed by atoms with E-state index >= 15 is 0 Å². The molecule has 2 atom stereocenters. The summed E-state index contributed by atoms with van der Waals surface area (Å²) >= 11 is 0. The number of rotatable bonds is 7. The number of hydrogen-bond donors (Lipinski definition) is 2. The van der Waals surface area contributed by atoms with Gasteiger partial charge in [-0.15, -0.1) is 0 Å². The van der Waals surface area contributed by atoms with Crippen LogP contribution in [0.2, 0.25) is 0 Å². The monoisotopic (exact) mass is 519 g/mol. The highest BCUT2D eigenvalue weighted by molar-refractivity contribution is 5.61. The lowest BCUT2D eigenvalue weighted by Crippen LogP contribution is -2.68. The van der Waals surface area contributed by atoms with Crippen molar-refractivity contribution < 1.29 is 0 Å². The van der Waals surface area contributed by atoms with Crippen molar-refractivity contribution in [3.05, 3.63) is 84.2 Å². The van der Waals surface area contributed by atoms with Crippen molar-refractivity contribution in [2.24, 2.45) is 0 Å². The fraction of sp³-hybridized carbons (Fsp3) is 0.286. The Morgan fingerprint density at radius 2 is 1.79 bits per heavy atom. The number of anilines is 3. The van der Waals surface area contributed by atoms with Gasteiger partial charge in [0.2, 0.25) is 0 Å². The molecule has 0 spiro atoms. The number of fused-ring (bicyclic) bond motifs is 2. The Morgan fingerprint density at radius 1 is 0.949 bits per heavy atom. The van der Waals surface area contributed by atoms with E-state index in [4.69, 9.17) is 9.97 Å². The van der Waals surface area contributed by atoms with Crippen LogP contribution < -0.4 is 10.2 Å². The van der Waals surface area contributed by atoms with Crippen molar-refractivity contribution in [2.45, 2.75) is 38.9 Å². The lowest BCUT2D eigenvalue weighted by atomic mass is 9.87. The molecule has 8 rings (SSSR count). The maximum atomic E-state index is 4.79. The largest absolute Gasteiger partial charge is 0.353 e. The number of H-pyrrole nitrogens is 1. The van der Waals surface area contributed by atoms with Gasteiger partial charge in [-0.05, 0) is 50.1 Å². The van der Waals surface area contributed by atoms with Gasteiger partial charge in [-0.3, -0.25) is 10.00 Å². The van der Waals surface area contributed by atoms with Crippen LogP contribution in [0.15, 0.2) is 67.3 Å². The second-order valence-electron chi connectivity index (χ2n) is 10.3. The van der Waals surface area contributed by atoms with Gasteiger partial charge in [0.05, 0.1) is 0 Å². The SMILES string of the molecule is Cc1cc(Nc2cc(C)[nH]n2)nc(-c2ccc(N3CC4CC(C3)N4Cc3ccc(-n4cccn4)nc3)nc2)n1. The topological polar surface area (TPSA) is 117 Å². The molecule has 3 aliphatic heterocycles. The van der Waals surface area contributed by atoms with Crippen LogP contribution in [0.25, 0.3) is 17.2 Å². The van der Waals surface area contributed by atoms with Crippen molar-refractivity contribution in [1.82, 2.24) is 44.8 Å². The quantitative estimate of drug-likeness (QED) is 0.332. The first-order valence-corrected chi connectivity index (χ1v) is 13.1. The fourth-order valence-electron chi connectivity index (χ4n) is 5.47. The zero-order chi connectivity index (χ0) is 26.3. The number of pyridine rings is 2. The highest BCUT2D eigenvalue weighted by Crippen LogP contribution is 2.35. The van der Waals surface area contributed by atoms with Crippen LogP contribution in [0, 0.1) is 13.8 Å².